The maximum absolute atomic E-state index is 13.5. The maximum Gasteiger partial charge on any atom is 0.335 e. The molecule has 0 spiro atoms. The molecule has 1 saturated carbocycles. The molecular weight excluding hydrogens is 552 g/mol. The molecule has 3 aromatic carbocycles. The summed E-state index contributed by atoms with van der Waals surface area (Å²) in [6, 6.07) is 18.4. The summed E-state index contributed by atoms with van der Waals surface area (Å²) >= 11 is 0. The van der Waals surface area contributed by atoms with Gasteiger partial charge >= 0.3 is 5.97 Å². The molecule has 1 aliphatic rings. The van der Waals surface area contributed by atoms with Crippen molar-refractivity contribution in [3.8, 4) is 11.3 Å². The van der Waals surface area contributed by atoms with E-state index < -0.39 is 38.5 Å². The van der Waals surface area contributed by atoms with E-state index in [1.807, 2.05) is 42.5 Å². The molecule has 0 radical (unpaired) electrons. The summed E-state index contributed by atoms with van der Waals surface area (Å²) in [6.45, 7) is -0.616. The Hall–Kier alpha value is -3.70. The number of hydrogen-bond acceptors (Lipinski definition) is 6. The zero-order valence-corrected chi connectivity index (χ0v) is 23.8. The summed E-state index contributed by atoms with van der Waals surface area (Å²) in [6.07, 6.45) is 6.31. The Balaban J connectivity index is 1.83. The van der Waals surface area contributed by atoms with Gasteiger partial charge < -0.3 is 9.67 Å². The average Bonchev–Trinajstić information content (AvgIpc) is 3.20. The van der Waals surface area contributed by atoms with Crippen molar-refractivity contribution in [2.24, 2.45) is 0 Å². The Kier molecular flexibility index (Phi) is 7.22. The Morgan fingerprint density at radius 2 is 1.52 bits per heavy atom. The molecule has 0 unspecified atom stereocenters. The van der Waals surface area contributed by atoms with Gasteiger partial charge in [-0.05, 0) is 58.9 Å². The van der Waals surface area contributed by atoms with E-state index in [2.05, 4.69) is 0 Å². The zero-order valence-electron chi connectivity index (χ0n) is 22.2. The van der Waals surface area contributed by atoms with E-state index in [0.717, 1.165) is 59.4 Å². The Morgan fingerprint density at radius 3 is 2.15 bits per heavy atom. The highest BCUT2D eigenvalue weighted by Crippen LogP contribution is 2.45. The smallest absolute Gasteiger partial charge is 0.335 e. The van der Waals surface area contributed by atoms with E-state index in [4.69, 9.17) is 0 Å². The van der Waals surface area contributed by atoms with Crippen molar-refractivity contribution in [3.05, 3.63) is 71.8 Å². The van der Waals surface area contributed by atoms with Crippen LogP contribution in [0.3, 0.4) is 0 Å². The molecule has 4 aromatic rings. The lowest BCUT2D eigenvalue weighted by molar-refractivity contribution is -0.123. The van der Waals surface area contributed by atoms with Gasteiger partial charge in [0.25, 0.3) is 5.91 Å². The van der Waals surface area contributed by atoms with Crippen LogP contribution in [0.15, 0.2) is 60.7 Å². The van der Waals surface area contributed by atoms with E-state index in [9.17, 15) is 31.5 Å². The number of carbonyl (C=O) groups is 2. The van der Waals surface area contributed by atoms with E-state index in [0.29, 0.717) is 23.7 Å². The zero-order chi connectivity index (χ0) is 28.8. The first kappa shape index (κ1) is 27.9. The van der Waals surface area contributed by atoms with Crippen LogP contribution in [0.1, 0.15) is 53.9 Å². The number of amides is 1. The third-order valence-electron chi connectivity index (χ3n) is 7.49. The van der Waals surface area contributed by atoms with Gasteiger partial charge in [-0.15, -0.1) is 3.71 Å². The SMILES string of the molecule is CS(=O)(=O)N(C(=O)Cn1c(-c2ccc3ccccc3c2)c(C2CCCCC2)c2ccc(C(=O)O)cc21)S(C)(=O)=O. The summed E-state index contributed by atoms with van der Waals surface area (Å²) < 4.78 is 51.1. The number of aromatic carboxylic acids is 1. The van der Waals surface area contributed by atoms with Gasteiger partial charge in [-0.1, -0.05) is 61.7 Å². The minimum Gasteiger partial charge on any atom is -0.478 e. The molecule has 0 saturated heterocycles. The highest BCUT2D eigenvalue weighted by atomic mass is 32.3. The van der Waals surface area contributed by atoms with Crippen molar-refractivity contribution in [2.75, 3.05) is 12.5 Å². The number of carboxylic acids is 1. The summed E-state index contributed by atoms with van der Waals surface area (Å²) in [7, 11) is -8.90. The molecule has 1 fully saturated rings. The molecule has 1 amide bonds. The van der Waals surface area contributed by atoms with Crippen molar-refractivity contribution < 1.29 is 31.5 Å². The number of nitrogens with zero attached hydrogens (tertiary/aromatic N) is 2. The second kappa shape index (κ2) is 10.4. The standard InChI is InChI=1S/C29H30N2O7S2/c1-39(35,36)31(40(2,37)38)26(32)18-30-25-17-23(29(33)34)14-15-24(25)27(20-9-4-3-5-10-20)28(30)22-13-12-19-8-6-7-11-21(19)16-22/h6-8,11-17,20H,3-5,9-10,18H2,1-2H3,(H,33,34). The van der Waals surface area contributed by atoms with Crippen LogP contribution < -0.4 is 0 Å². The quantitative estimate of drug-likeness (QED) is 0.326. The maximum atomic E-state index is 13.5. The summed E-state index contributed by atoms with van der Waals surface area (Å²) in [5.41, 5.74) is 2.82. The predicted octanol–water partition coefficient (Wildman–Crippen LogP) is 4.96. The summed E-state index contributed by atoms with van der Waals surface area (Å²) in [4.78, 5) is 25.4. The Bertz CT molecular complexity index is 1840. The van der Waals surface area contributed by atoms with Gasteiger partial charge in [0, 0.05) is 5.39 Å². The number of hydrogen-bond donors (Lipinski definition) is 1. The lowest BCUT2D eigenvalue weighted by Crippen LogP contribution is -2.42. The van der Waals surface area contributed by atoms with Gasteiger partial charge in [-0.3, -0.25) is 4.79 Å². The van der Waals surface area contributed by atoms with Crippen molar-refractivity contribution >= 4 is 53.6 Å². The second-order valence-corrected chi connectivity index (χ2v) is 14.3. The van der Waals surface area contributed by atoms with Crippen molar-refractivity contribution in [1.82, 2.24) is 8.28 Å². The number of sulfonamides is 2. The first-order valence-electron chi connectivity index (χ1n) is 13.0. The van der Waals surface area contributed by atoms with Crippen LogP contribution in [0.4, 0.5) is 0 Å². The molecule has 5 rings (SSSR count). The monoisotopic (exact) mass is 582 g/mol. The number of carbonyl (C=O) groups excluding carboxylic acids is 1. The Labute approximate surface area is 233 Å². The van der Waals surface area contributed by atoms with E-state index in [1.54, 1.807) is 10.6 Å². The number of carboxylic acid groups (broad SMARTS) is 1. The molecule has 0 atom stereocenters. The van der Waals surface area contributed by atoms with Crippen LogP contribution in [0.5, 0.6) is 0 Å². The first-order valence-corrected chi connectivity index (χ1v) is 16.7. The van der Waals surface area contributed by atoms with E-state index in [-0.39, 0.29) is 15.2 Å². The van der Waals surface area contributed by atoms with Gasteiger partial charge in [-0.2, -0.15) is 0 Å². The van der Waals surface area contributed by atoms with Crippen LogP contribution >= 0.6 is 0 Å². The van der Waals surface area contributed by atoms with Crippen LogP contribution in [0, 0.1) is 0 Å². The molecule has 210 valence electrons. The van der Waals surface area contributed by atoms with Gasteiger partial charge in [0.15, 0.2) is 0 Å². The first-order chi connectivity index (χ1) is 18.9. The van der Waals surface area contributed by atoms with E-state index in [1.165, 1.54) is 12.1 Å². The molecule has 9 nitrogen and oxygen atoms in total. The molecule has 1 N–H and O–H groups in total. The fourth-order valence-electron chi connectivity index (χ4n) is 5.93. The van der Waals surface area contributed by atoms with Crippen LogP contribution in [0.2, 0.25) is 0 Å². The van der Waals surface area contributed by atoms with Crippen molar-refractivity contribution in [1.29, 1.82) is 0 Å². The fraction of sp³-hybridized carbons (Fsp3) is 0.310. The molecular formula is C29H30N2O7S2. The third kappa shape index (κ3) is 5.23. The lowest BCUT2D eigenvalue weighted by Gasteiger charge is -2.24. The topological polar surface area (TPSA) is 131 Å². The van der Waals surface area contributed by atoms with Crippen LogP contribution in [0.25, 0.3) is 32.9 Å². The lowest BCUT2D eigenvalue weighted by atomic mass is 9.81. The minimum atomic E-state index is -4.45. The minimum absolute atomic E-state index is 0.00189. The molecule has 11 heteroatoms. The second-order valence-electron chi connectivity index (χ2n) is 10.4. The number of aromatic nitrogens is 1. The predicted molar refractivity (Wildman–Crippen MR) is 154 cm³/mol. The summed E-state index contributed by atoms with van der Waals surface area (Å²) in [5.74, 6) is -2.17. The molecule has 1 heterocycles. The number of rotatable bonds is 7. The van der Waals surface area contributed by atoms with Gasteiger partial charge in [0.1, 0.15) is 6.54 Å². The molecule has 40 heavy (non-hydrogen) atoms. The van der Waals surface area contributed by atoms with Crippen LogP contribution in [-0.2, 0) is 31.4 Å². The van der Waals surface area contributed by atoms with Gasteiger partial charge in [-0.25, -0.2) is 21.6 Å². The molecule has 1 aromatic heterocycles. The molecule has 0 aliphatic heterocycles. The van der Waals surface area contributed by atoms with E-state index >= 15 is 0 Å². The van der Waals surface area contributed by atoms with Crippen molar-refractivity contribution in [3.63, 3.8) is 0 Å². The van der Waals surface area contributed by atoms with Crippen LogP contribution in [-0.4, -0.2) is 54.6 Å². The highest BCUT2D eigenvalue weighted by molar-refractivity contribution is 8.04. The Morgan fingerprint density at radius 1 is 0.875 bits per heavy atom. The van der Waals surface area contributed by atoms with Gasteiger partial charge in [0.05, 0.1) is 29.3 Å². The number of benzene rings is 3. The molecule has 0 bridgehead atoms. The normalized spacial score (nSPS) is 14.9. The number of fused-ring (bicyclic) bond motifs is 2. The third-order valence-corrected chi connectivity index (χ3v) is 10.7. The van der Waals surface area contributed by atoms with Crippen molar-refractivity contribution in [2.45, 2.75) is 44.6 Å². The average molecular weight is 583 g/mol. The molecule has 1 aliphatic carbocycles. The fourth-order valence-corrected chi connectivity index (χ4v) is 8.76. The van der Waals surface area contributed by atoms with Gasteiger partial charge in [0.2, 0.25) is 20.0 Å². The largest absolute Gasteiger partial charge is 0.478 e. The summed E-state index contributed by atoms with van der Waals surface area (Å²) in [5, 5.41) is 12.5. The highest BCUT2D eigenvalue weighted by Gasteiger charge is 2.35.